The molecule has 0 aromatic rings. The van der Waals surface area contributed by atoms with Crippen LogP contribution in [0, 0.1) is 0 Å². The lowest BCUT2D eigenvalue weighted by Crippen LogP contribution is -2.53. The Labute approximate surface area is 47.1 Å². The van der Waals surface area contributed by atoms with Gasteiger partial charge < -0.3 is 10.1 Å². The lowest BCUT2D eigenvalue weighted by molar-refractivity contribution is -0.127. The molecule has 0 spiro atoms. The summed E-state index contributed by atoms with van der Waals surface area (Å²) in [7, 11) is 0. The van der Waals surface area contributed by atoms with Gasteiger partial charge in [0, 0.05) is 6.42 Å². The highest BCUT2D eigenvalue weighted by Crippen LogP contribution is 1.98. The SMILES string of the molecule is O=CC[C@@H]1NCC1=O. The van der Waals surface area contributed by atoms with Gasteiger partial charge in [-0.1, -0.05) is 0 Å². The van der Waals surface area contributed by atoms with Gasteiger partial charge in [-0.2, -0.15) is 0 Å². The van der Waals surface area contributed by atoms with Crippen molar-refractivity contribution in [3.05, 3.63) is 0 Å². The van der Waals surface area contributed by atoms with E-state index in [4.69, 9.17) is 0 Å². The van der Waals surface area contributed by atoms with E-state index >= 15 is 0 Å². The van der Waals surface area contributed by atoms with Gasteiger partial charge >= 0.3 is 0 Å². The molecule has 1 N–H and O–H groups in total. The summed E-state index contributed by atoms with van der Waals surface area (Å²) in [6.07, 6.45) is 1.09. The molecule has 0 radical (unpaired) electrons. The Morgan fingerprint density at radius 1 is 1.88 bits per heavy atom. The molecular weight excluding hydrogens is 106 g/mol. The van der Waals surface area contributed by atoms with Gasteiger partial charge in [-0.15, -0.1) is 0 Å². The third kappa shape index (κ3) is 0.767. The maximum atomic E-state index is 10.4. The first-order valence-corrected chi connectivity index (χ1v) is 2.54. The summed E-state index contributed by atoms with van der Waals surface area (Å²) in [6, 6.07) is -0.160. The maximum absolute atomic E-state index is 10.4. The van der Waals surface area contributed by atoms with Gasteiger partial charge in [-0.25, -0.2) is 0 Å². The van der Waals surface area contributed by atoms with E-state index < -0.39 is 0 Å². The van der Waals surface area contributed by atoms with E-state index in [-0.39, 0.29) is 11.8 Å². The first kappa shape index (κ1) is 5.44. The summed E-state index contributed by atoms with van der Waals surface area (Å²) >= 11 is 0. The predicted octanol–water partition coefficient (Wildman–Crippen LogP) is -0.884. The highest BCUT2D eigenvalue weighted by atomic mass is 16.1. The van der Waals surface area contributed by atoms with E-state index in [1.165, 1.54) is 0 Å². The summed E-state index contributed by atoms with van der Waals surface area (Å²) in [5.74, 6) is 0.150. The monoisotopic (exact) mass is 113 g/mol. The van der Waals surface area contributed by atoms with Crippen LogP contribution in [-0.4, -0.2) is 24.7 Å². The molecule has 0 amide bonds. The van der Waals surface area contributed by atoms with Gasteiger partial charge in [-0.3, -0.25) is 4.79 Å². The van der Waals surface area contributed by atoms with Crippen LogP contribution in [0.25, 0.3) is 0 Å². The summed E-state index contributed by atoms with van der Waals surface area (Å²) in [6.45, 7) is 0.443. The average Bonchev–Trinajstić information content (AvgIpc) is 1.79. The highest BCUT2D eigenvalue weighted by molar-refractivity contribution is 5.92. The lowest BCUT2D eigenvalue weighted by atomic mass is 10.0. The lowest BCUT2D eigenvalue weighted by Gasteiger charge is -2.23. The number of carbonyl (C=O) groups excluding carboxylic acids is 2. The van der Waals surface area contributed by atoms with Crippen molar-refractivity contribution < 1.29 is 9.59 Å². The van der Waals surface area contributed by atoms with Crippen LogP contribution in [0.4, 0.5) is 0 Å². The molecule has 1 aliphatic heterocycles. The zero-order valence-electron chi connectivity index (χ0n) is 4.39. The van der Waals surface area contributed by atoms with Crippen LogP contribution in [0.15, 0.2) is 0 Å². The van der Waals surface area contributed by atoms with Gasteiger partial charge in [0.05, 0.1) is 12.6 Å². The van der Waals surface area contributed by atoms with Crippen molar-refractivity contribution in [3.63, 3.8) is 0 Å². The standard InChI is InChI=1S/C5H7NO2/c7-2-1-4-5(8)3-6-4/h2,4,6H,1,3H2/t4-/m0/s1. The molecule has 44 valence electrons. The molecule has 0 aromatic heterocycles. The van der Waals surface area contributed by atoms with Crippen LogP contribution in [-0.2, 0) is 9.59 Å². The van der Waals surface area contributed by atoms with Crippen molar-refractivity contribution in [2.45, 2.75) is 12.5 Å². The van der Waals surface area contributed by atoms with Gasteiger partial charge in [-0.05, 0) is 0 Å². The van der Waals surface area contributed by atoms with Crippen LogP contribution in [0.1, 0.15) is 6.42 Å². The zero-order chi connectivity index (χ0) is 5.98. The fourth-order valence-electron chi connectivity index (χ4n) is 0.641. The number of rotatable bonds is 2. The van der Waals surface area contributed by atoms with E-state index in [0.717, 1.165) is 6.29 Å². The fourth-order valence-corrected chi connectivity index (χ4v) is 0.641. The molecular formula is C5H7NO2. The number of ketones is 1. The second-order valence-corrected chi connectivity index (χ2v) is 1.80. The molecule has 3 nitrogen and oxygen atoms in total. The maximum Gasteiger partial charge on any atom is 0.163 e. The largest absolute Gasteiger partial charge is 0.303 e. The van der Waals surface area contributed by atoms with E-state index in [1.807, 2.05) is 0 Å². The van der Waals surface area contributed by atoms with Gasteiger partial charge in [0.15, 0.2) is 5.78 Å². The third-order valence-corrected chi connectivity index (χ3v) is 1.24. The molecule has 1 aliphatic rings. The molecule has 3 heteroatoms. The van der Waals surface area contributed by atoms with E-state index in [1.54, 1.807) is 0 Å². The Hall–Kier alpha value is -0.700. The number of aldehydes is 1. The van der Waals surface area contributed by atoms with Crippen molar-refractivity contribution in [3.8, 4) is 0 Å². The quantitative estimate of drug-likeness (QED) is 0.473. The summed E-state index contributed by atoms with van der Waals surface area (Å²) in [4.78, 5) is 20.2. The minimum absolute atomic E-state index is 0.150. The van der Waals surface area contributed by atoms with Crippen molar-refractivity contribution in [1.29, 1.82) is 0 Å². The van der Waals surface area contributed by atoms with Crippen LogP contribution in [0.5, 0.6) is 0 Å². The Morgan fingerprint density at radius 2 is 2.62 bits per heavy atom. The molecule has 1 atom stereocenters. The molecule has 1 rings (SSSR count). The average molecular weight is 113 g/mol. The van der Waals surface area contributed by atoms with Crippen molar-refractivity contribution in [2.24, 2.45) is 0 Å². The number of Topliss-reactive ketones (excluding diaryl/α,β-unsaturated/α-hetero) is 1. The molecule has 0 unspecified atom stereocenters. The van der Waals surface area contributed by atoms with Gasteiger partial charge in [0.25, 0.3) is 0 Å². The summed E-state index contributed by atoms with van der Waals surface area (Å²) in [5, 5.41) is 2.82. The second kappa shape index (κ2) is 2.05. The Morgan fingerprint density at radius 3 is 2.75 bits per heavy atom. The summed E-state index contributed by atoms with van der Waals surface area (Å²) in [5.41, 5.74) is 0. The highest BCUT2D eigenvalue weighted by Gasteiger charge is 2.25. The zero-order valence-corrected chi connectivity index (χ0v) is 4.39. The van der Waals surface area contributed by atoms with Gasteiger partial charge in [0.1, 0.15) is 6.29 Å². The number of nitrogens with one attached hydrogen (secondary N) is 1. The molecule has 0 aromatic carbocycles. The minimum Gasteiger partial charge on any atom is -0.303 e. The Kier molecular flexibility index (Phi) is 1.39. The normalized spacial score (nSPS) is 27.0. The first-order chi connectivity index (χ1) is 3.84. The third-order valence-electron chi connectivity index (χ3n) is 1.24. The molecule has 0 saturated carbocycles. The topological polar surface area (TPSA) is 46.2 Å². The van der Waals surface area contributed by atoms with E-state index in [2.05, 4.69) is 5.32 Å². The first-order valence-electron chi connectivity index (χ1n) is 2.54. The van der Waals surface area contributed by atoms with Crippen LogP contribution in [0.3, 0.4) is 0 Å². The molecule has 1 fully saturated rings. The Bertz CT molecular complexity index is 122. The summed E-state index contributed by atoms with van der Waals surface area (Å²) < 4.78 is 0. The number of hydrogen-bond donors (Lipinski definition) is 1. The van der Waals surface area contributed by atoms with Crippen LogP contribution >= 0.6 is 0 Å². The second-order valence-electron chi connectivity index (χ2n) is 1.80. The van der Waals surface area contributed by atoms with Gasteiger partial charge in [0.2, 0.25) is 0 Å². The molecule has 0 bridgehead atoms. The minimum atomic E-state index is -0.160. The van der Waals surface area contributed by atoms with Crippen LogP contribution < -0.4 is 5.32 Å². The van der Waals surface area contributed by atoms with Crippen molar-refractivity contribution in [1.82, 2.24) is 5.32 Å². The van der Waals surface area contributed by atoms with Crippen LogP contribution in [0.2, 0.25) is 0 Å². The molecule has 1 saturated heterocycles. The van der Waals surface area contributed by atoms with E-state index in [0.29, 0.717) is 13.0 Å². The van der Waals surface area contributed by atoms with E-state index in [9.17, 15) is 9.59 Å². The molecule has 0 aliphatic carbocycles. The number of hydrogen-bond acceptors (Lipinski definition) is 3. The van der Waals surface area contributed by atoms with Crippen molar-refractivity contribution >= 4 is 12.1 Å². The smallest absolute Gasteiger partial charge is 0.163 e. The fraction of sp³-hybridized carbons (Fsp3) is 0.600. The Balaban J connectivity index is 2.26. The molecule has 8 heavy (non-hydrogen) atoms. The predicted molar refractivity (Wildman–Crippen MR) is 27.5 cm³/mol. The molecule has 1 heterocycles. The van der Waals surface area contributed by atoms with Crippen molar-refractivity contribution in [2.75, 3.05) is 6.54 Å². The number of carbonyl (C=O) groups is 2.